The zero-order valence-electron chi connectivity index (χ0n) is 31.3. The monoisotopic (exact) mass is 648 g/mol. The van der Waals surface area contributed by atoms with Gasteiger partial charge in [0.15, 0.2) is 33.3 Å². The zero-order valence-corrected chi connectivity index (χ0v) is 35.3. The molecule has 0 aromatic carbocycles. The molecule has 0 radical (unpaired) electrons. The maximum atomic E-state index is 7.46. The Balaban J connectivity index is 3.83. The van der Waals surface area contributed by atoms with Crippen LogP contribution in [0.5, 0.6) is 0 Å². The topological polar surface area (TPSA) is 46.2 Å². The normalized spacial score (nSPS) is 26.4. The van der Waals surface area contributed by atoms with Gasteiger partial charge < -0.3 is 22.4 Å². The summed E-state index contributed by atoms with van der Waals surface area (Å²) >= 11 is 0. The summed E-state index contributed by atoms with van der Waals surface area (Å²) < 4.78 is 36.1. The van der Waals surface area contributed by atoms with Crippen LogP contribution in [-0.4, -0.2) is 70.4 Å². The summed E-state index contributed by atoms with van der Waals surface area (Å²) in [6.45, 7) is 49.2. The molecular formula is C32H72O5Si4. The van der Waals surface area contributed by atoms with Gasteiger partial charge in [-0.1, -0.05) is 90.0 Å². The van der Waals surface area contributed by atoms with Crippen LogP contribution in [0.15, 0.2) is 0 Å². The van der Waals surface area contributed by atoms with Gasteiger partial charge in [0.2, 0.25) is 0 Å². The molecule has 0 N–H and O–H groups in total. The minimum Gasteiger partial charge on any atom is -0.414 e. The molecule has 1 fully saturated rings. The van der Waals surface area contributed by atoms with E-state index in [1.165, 1.54) is 0 Å². The van der Waals surface area contributed by atoms with Gasteiger partial charge in [-0.2, -0.15) is 0 Å². The van der Waals surface area contributed by atoms with Crippen molar-refractivity contribution in [1.29, 1.82) is 0 Å². The Hall–Kier alpha value is 0.668. The highest BCUT2D eigenvalue weighted by atomic mass is 28.4. The third-order valence-corrected chi connectivity index (χ3v) is 29.2. The van der Waals surface area contributed by atoms with Gasteiger partial charge in [0.1, 0.15) is 18.3 Å². The van der Waals surface area contributed by atoms with Crippen LogP contribution in [0.1, 0.15) is 96.4 Å². The van der Waals surface area contributed by atoms with Crippen LogP contribution in [-0.2, 0) is 22.4 Å². The van der Waals surface area contributed by atoms with E-state index in [0.717, 1.165) is 6.42 Å². The Morgan fingerprint density at radius 2 is 0.756 bits per heavy atom. The van der Waals surface area contributed by atoms with Crippen molar-refractivity contribution in [1.82, 2.24) is 0 Å². The van der Waals surface area contributed by atoms with E-state index in [4.69, 9.17) is 22.4 Å². The second-order valence-electron chi connectivity index (χ2n) is 18.7. The maximum Gasteiger partial charge on any atom is 0.192 e. The lowest BCUT2D eigenvalue weighted by atomic mass is 9.94. The third-order valence-electron chi connectivity index (χ3n) is 11.3. The first-order valence-corrected chi connectivity index (χ1v) is 27.8. The fraction of sp³-hybridized carbons (Fsp3) is 1.00. The van der Waals surface area contributed by atoms with E-state index in [0.29, 0.717) is 6.61 Å². The molecule has 0 saturated carbocycles. The largest absolute Gasteiger partial charge is 0.414 e. The Morgan fingerprint density at radius 1 is 0.463 bits per heavy atom. The highest BCUT2D eigenvalue weighted by molar-refractivity contribution is 6.75. The highest BCUT2D eigenvalue weighted by Crippen LogP contribution is 2.46. The number of rotatable bonds is 10. The van der Waals surface area contributed by atoms with Crippen LogP contribution in [0.2, 0.25) is 72.5 Å². The van der Waals surface area contributed by atoms with Crippen molar-refractivity contribution < 1.29 is 22.4 Å². The van der Waals surface area contributed by atoms with Crippen LogP contribution in [0.4, 0.5) is 0 Å². The summed E-state index contributed by atoms with van der Waals surface area (Å²) in [7, 11) is -8.55. The molecule has 1 rings (SSSR count). The Kier molecular flexibility index (Phi) is 12.4. The second kappa shape index (κ2) is 12.8. The molecule has 9 heteroatoms. The van der Waals surface area contributed by atoms with Crippen molar-refractivity contribution in [2.24, 2.45) is 0 Å². The van der Waals surface area contributed by atoms with Crippen molar-refractivity contribution in [2.75, 3.05) is 6.61 Å². The average Bonchev–Trinajstić information content (AvgIpc) is 2.71. The summed E-state index contributed by atoms with van der Waals surface area (Å²) in [6.07, 6.45) is -0.0874. The van der Waals surface area contributed by atoms with Crippen LogP contribution in [0.3, 0.4) is 0 Å². The highest BCUT2D eigenvalue weighted by Gasteiger charge is 2.56. The van der Waals surface area contributed by atoms with E-state index >= 15 is 0 Å². The molecule has 0 bridgehead atoms. The van der Waals surface area contributed by atoms with E-state index in [2.05, 4.69) is 142 Å². The van der Waals surface area contributed by atoms with Crippen molar-refractivity contribution in [3.8, 4) is 0 Å². The summed E-state index contributed by atoms with van der Waals surface area (Å²) in [5, 5.41) is 0.303. The predicted molar refractivity (Wildman–Crippen MR) is 188 cm³/mol. The van der Waals surface area contributed by atoms with Gasteiger partial charge in [-0.3, -0.25) is 0 Å². The molecule has 0 spiro atoms. The summed E-state index contributed by atoms with van der Waals surface area (Å²) in [6, 6.07) is 0. The molecule has 246 valence electrons. The van der Waals surface area contributed by atoms with Crippen molar-refractivity contribution in [3.63, 3.8) is 0 Å². The first kappa shape index (κ1) is 39.7. The third kappa shape index (κ3) is 9.58. The Labute approximate surface area is 261 Å². The van der Waals surface area contributed by atoms with Crippen molar-refractivity contribution in [3.05, 3.63) is 0 Å². The average molecular weight is 649 g/mol. The second-order valence-corrected chi connectivity index (χ2v) is 37.8. The van der Waals surface area contributed by atoms with E-state index < -0.39 is 33.3 Å². The van der Waals surface area contributed by atoms with Crippen LogP contribution in [0, 0.1) is 0 Å². The van der Waals surface area contributed by atoms with Gasteiger partial charge in [0, 0.05) is 0 Å². The van der Waals surface area contributed by atoms with E-state index in [1.807, 2.05) is 0 Å². The van der Waals surface area contributed by atoms with Gasteiger partial charge in [-0.05, 0) is 78.9 Å². The summed E-state index contributed by atoms with van der Waals surface area (Å²) in [4.78, 5) is 0. The number of hydrogen-bond donors (Lipinski definition) is 0. The summed E-state index contributed by atoms with van der Waals surface area (Å²) in [5.74, 6) is 0. The smallest absolute Gasteiger partial charge is 0.192 e. The SMILES string of the molecule is CCC1O[C@H](CO[Si](C)(C)C(C)(C)C)C(O[Si](C)(C)C(C)(C)C)C(O[Si](C)(C)C(C)(C)C)C1O[Si](C)(C)C(C)(C)C. The van der Waals surface area contributed by atoms with Crippen LogP contribution >= 0.6 is 0 Å². The lowest BCUT2D eigenvalue weighted by Gasteiger charge is -2.55. The lowest BCUT2D eigenvalue weighted by Crippen LogP contribution is -2.68. The minimum atomic E-state index is -2.20. The van der Waals surface area contributed by atoms with E-state index in [-0.39, 0.29) is 50.7 Å². The van der Waals surface area contributed by atoms with Crippen molar-refractivity contribution in [2.45, 2.75) is 199 Å². The molecule has 0 aromatic heterocycles. The van der Waals surface area contributed by atoms with Crippen molar-refractivity contribution >= 4 is 33.3 Å². The molecule has 0 aliphatic carbocycles. The van der Waals surface area contributed by atoms with Gasteiger partial charge in [0.05, 0.1) is 18.8 Å². The van der Waals surface area contributed by atoms with Gasteiger partial charge >= 0.3 is 0 Å². The molecule has 41 heavy (non-hydrogen) atoms. The molecule has 5 atom stereocenters. The summed E-state index contributed by atoms with van der Waals surface area (Å²) in [5.41, 5.74) is 0. The lowest BCUT2D eigenvalue weighted by molar-refractivity contribution is -0.216. The van der Waals surface area contributed by atoms with Crippen LogP contribution in [0.25, 0.3) is 0 Å². The Bertz CT molecular complexity index is 844. The molecule has 1 aliphatic heterocycles. The fourth-order valence-corrected chi connectivity index (χ4v) is 8.89. The quantitative estimate of drug-likeness (QED) is 0.221. The van der Waals surface area contributed by atoms with E-state index in [1.54, 1.807) is 0 Å². The zero-order chi connectivity index (χ0) is 32.8. The van der Waals surface area contributed by atoms with Gasteiger partial charge in [-0.15, -0.1) is 0 Å². The fourth-order valence-electron chi connectivity index (χ4n) is 3.93. The first-order chi connectivity index (χ1) is 17.8. The molecular weight excluding hydrogens is 577 g/mol. The minimum absolute atomic E-state index is 0.0523. The first-order valence-electron chi connectivity index (χ1n) is 16.1. The molecule has 0 aromatic rings. The molecule has 5 nitrogen and oxygen atoms in total. The van der Waals surface area contributed by atoms with Crippen LogP contribution < -0.4 is 0 Å². The Morgan fingerprint density at radius 3 is 1.05 bits per heavy atom. The molecule has 4 unspecified atom stereocenters. The molecule has 1 heterocycles. The molecule has 0 amide bonds. The predicted octanol–water partition coefficient (Wildman–Crippen LogP) is 10.4. The molecule has 1 aliphatic rings. The number of ether oxygens (including phenoxy) is 1. The van der Waals surface area contributed by atoms with Gasteiger partial charge in [-0.25, -0.2) is 0 Å². The molecule has 1 saturated heterocycles. The van der Waals surface area contributed by atoms with E-state index in [9.17, 15) is 0 Å². The standard InChI is InChI=1S/C32H72O5Si4/c1-22-24-26(35-39(16,17)30(5,6)7)28(37-41(20,21)32(11,12)13)27(36-40(18,19)31(8,9)10)25(34-24)23-33-38(14,15)29(2,3)4/h24-28H,22-23H2,1-21H3/t24?,25-,26?,27?,28?/m1/s1. The maximum absolute atomic E-state index is 7.46. The number of hydrogen-bond acceptors (Lipinski definition) is 5. The van der Waals surface area contributed by atoms with Gasteiger partial charge in [0.25, 0.3) is 0 Å².